The number of carbonyl (C=O) groups excluding carboxylic acids is 1. The van der Waals surface area contributed by atoms with E-state index in [4.69, 9.17) is 16.2 Å². The Hall–Kier alpha value is -3.86. The molecule has 0 aliphatic heterocycles. The molecule has 1 amide bonds. The number of para-hydroxylation sites is 2. The van der Waals surface area contributed by atoms with Gasteiger partial charge in [0.25, 0.3) is 0 Å². The van der Waals surface area contributed by atoms with E-state index in [1.807, 2.05) is 72.8 Å². The minimum atomic E-state index is -0.726. The van der Waals surface area contributed by atoms with Gasteiger partial charge in [0.05, 0.1) is 11.4 Å². The number of fused-ring (bicyclic) bond motifs is 1. The number of nitrogens with zero attached hydrogens (tertiary/aromatic N) is 1. The molecule has 0 bridgehead atoms. The lowest BCUT2D eigenvalue weighted by atomic mass is 9.89. The van der Waals surface area contributed by atoms with Crippen LogP contribution in [0.4, 0.5) is 5.69 Å². The van der Waals surface area contributed by atoms with Gasteiger partial charge in [-0.25, -0.2) is 0 Å². The number of nitrogen functional groups attached to an aromatic ring is 1. The highest BCUT2D eigenvalue weighted by molar-refractivity contribution is 5.96. The first-order valence-electron chi connectivity index (χ1n) is 8.89. The SMILES string of the molecule is NC(=O)C(c1cccc(Oc2ccccc2)c1)c1cnc2ccccc2c1N. The molecule has 3 aromatic carbocycles. The number of anilines is 1. The van der Waals surface area contributed by atoms with Crippen LogP contribution < -0.4 is 16.2 Å². The summed E-state index contributed by atoms with van der Waals surface area (Å²) in [5.41, 5.74) is 14.7. The van der Waals surface area contributed by atoms with E-state index in [0.717, 1.165) is 10.9 Å². The number of pyridine rings is 1. The van der Waals surface area contributed by atoms with Crippen molar-refractivity contribution in [3.8, 4) is 11.5 Å². The Labute approximate surface area is 162 Å². The Morgan fingerprint density at radius 2 is 1.61 bits per heavy atom. The normalized spacial score (nSPS) is 11.9. The molecule has 1 atom stereocenters. The van der Waals surface area contributed by atoms with E-state index in [-0.39, 0.29) is 0 Å². The van der Waals surface area contributed by atoms with Crippen LogP contribution in [0.1, 0.15) is 17.0 Å². The largest absolute Gasteiger partial charge is 0.457 e. The van der Waals surface area contributed by atoms with Gasteiger partial charge in [0.2, 0.25) is 5.91 Å². The molecule has 5 heteroatoms. The van der Waals surface area contributed by atoms with Gasteiger partial charge in [-0.3, -0.25) is 9.78 Å². The van der Waals surface area contributed by atoms with Crippen molar-refractivity contribution in [3.05, 3.63) is 96.2 Å². The number of carbonyl (C=O) groups is 1. The van der Waals surface area contributed by atoms with Crippen LogP contribution in [0, 0.1) is 0 Å². The van der Waals surface area contributed by atoms with Crippen molar-refractivity contribution in [3.63, 3.8) is 0 Å². The molecule has 4 N–H and O–H groups in total. The van der Waals surface area contributed by atoms with Gasteiger partial charge in [-0.2, -0.15) is 0 Å². The lowest BCUT2D eigenvalue weighted by Gasteiger charge is -2.18. The monoisotopic (exact) mass is 369 g/mol. The number of nitrogens with two attached hydrogens (primary N) is 2. The van der Waals surface area contributed by atoms with E-state index >= 15 is 0 Å². The summed E-state index contributed by atoms with van der Waals surface area (Å²) < 4.78 is 5.89. The van der Waals surface area contributed by atoms with Gasteiger partial charge < -0.3 is 16.2 Å². The first-order chi connectivity index (χ1) is 13.6. The van der Waals surface area contributed by atoms with Gasteiger partial charge in [0, 0.05) is 22.8 Å². The third-order valence-corrected chi connectivity index (χ3v) is 4.61. The maximum absolute atomic E-state index is 12.4. The summed E-state index contributed by atoms with van der Waals surface area (Å²) in [7, 11) is 0. The molecule has 28 heavy (non-hydrogen) atoms. The van der Waals surface area contributed by atoms with Gasteiger partial charge in [0.1, 0.15) is 11.5 Å². The predicted octanol–water partition coefficient (Wildman–Crippen LogP) is 4.23. The van der Waals surface area contributed by atoms with Crippen LogP contribution in [0.15, 0.2) is 85.1 Å². The molecule has 0 radical (unpaired) electrons. The topological polar surface area (TPSA) is 91.2 Å². The van der Waals surface area contributed by atoms with Crippen molar-refractivity contribution >= 4 is 22.5 Å². The molecular weight excluding hydrogens is 350 g/mol. The lowest BCUT2D eigenvalue weighted by Crippen LogP contribution is -2.23. The highest BCUT2D eigenvalue weighted by atomic mass is 16.5. The standard InChI is InChI=1S/C23H19N3O2/c24-22-18-11-4-5-12-20(18)26-14-19(22)21(23(25)27)15-7-6-10-17(13-15)28-16-8-2-1-3-9-16/h1-14,21H,(H2,24,26)(H2,25,27). The molecule has 0 saturated heterocycles. The Kier molecular flexibility index (Phi) is 4.64. The second-order valence-corrected chi connectivity index (χ2v) is 6.47. The number of ether oxygens (including phenoxy) is 1. The molecule has 0 aliphatic carbocycles. The third-order valence-electron chi connectivity index (χ3n) is 4.61. The van der Waals surface area contributed by atoms with E-state index in [9.17, 15) is 4.79 Å². The second-order valence-electron chi connectivity index (χ2n) is 6.47. The van der Waals surface area contributed by atoms with Gasteiger partial charge in [-0.15, -0.1) is 0 Å². The fourth-order valence-electron chi connectivity index (χ4n) is 3.29. The molecule has 0 saturated carbocycles. The molecule has 0 spiro atoms. The maximum atomic E-state index is 12.4. The zero-order chi connectivity index (χ0) is 19.5. The molecule has 4 aromatic rings. The minimum Gasteiger partial charge on any atom is -0.457 e. The molecule has 5 nitrogen and oxygen atoms in total. The van der Waals surface area contributed by atoms with Gasteiger partial charge in [-0.1, -0.05) is 48.5 Å². The maximum Gasteiger partial charge on any atom is 0.229 e. The molecule has 138 valence electrons. The summed E-state index contributed by atoms with van der Waals surface area (Å²) >= 11 is 0. The second kappa shape index (κ2) is 7.40. The summed E-state index contributed by atoms with van der Waals surface area (Å²) in [6.07, 6.45) is 1.62. The van der Waals surface area contributed by atoms with Crippen molar-refractivity contribution in [1.29, 1.82) is 0 Å². The number of primary amides is 1. The molecule has 0 aliphatic rings. The highest BCUT2D eigenvalue weighted by Gasteiger charge is 2.24. The highest BCUT2D eigenvalue weighted by Crippen LogP contribution is 2.34. The summed E-state index contributed by atoms with van der Waals surface area (Å²) in [6, 6.07) is 24.3. The summed E-state index contributed by atoms with van der Waals surface area (Å²) in [5, 5.41) is 0.794. The van der Waals surface area contributed by atoms with E-state index in [2.05, 4.69) is 4.98 Å². The van der Waals surface area contributed by atoms with E-state index in [1.165, 1.54) is 0 Å². The van der Waals surface area contributed by atoms with Gasteiger partial charge >= 0.3 is 0 Å². The van der Waals surface area contributed by atoms with E-state index < -0.39 is 11.8 Å². The number of benzene rings is 3. The zero-order valence-corrected chi connectivity index (χ0v) is 15.1. The van der Waals surface area contributed by atoms with Crippen LogP contribution in [0.25, 0.3) is 10.9 Å². The average Bonchev–Trinajstić information content (AvgIpc) is 2.71. The van der Waals surface area contributed by atoms with Crippen LogP contribution >= 0.6 is 0 Å². The number of hydrogen-bond acceptors (Lipinski definition) is 4. The van der Waals surface area contributed by atoms with Crippen LogP contribution in [-0.2, 0) is 4.79 Å². The lowest BCUT2D eigenvalue weighted by molar-refractivity contribution is -0.118. The van der Waals surface area contributed by atoms with Crippen molar-refractivity contribution < 1.29 is 9.53 Å². The quantitative estimate of drug-likeness (QED) is 0.551. The Bertz CT molecular complexity index is 1140. The predicted molar refractivity (Wildman–Crippen MR) is 110 cm³/mol. The first-order valence-corrected chi connectivity index (χ1v) is 8.89. The van der Waals surface area contributed by atoms with Crippen molar-refractivity contribution in [2.24, 2.45) is 5.73 Å². The van der Waals surface area contributed by atoms with Crippen LogP contribution in [0.2, 0.25) is 0 Å². The smallest absolute Gasteiger partial charge is 0.229 e. The minimum absolute atomic E-state index is 0.499. The molecule has 1 unspecified atom stereocenters. The van der Waals surface area contributed by atoms with Crippen LogP contribution in [-0.4, -0.2) is 10.9 Å². The van der Waals surface area contributed by atoms with Gasteiger partial charge in [0.15, 0.2) is 0 Å². The molecule has 0 fully saturated rings. The Morgan fingerprint density at radius 3 is 2.39 bits per heavy atom. The molecular formula is C23H19N3O2. The van der Waals surface area contributed by atoms with Crippen LogP contribution in [0.3, 0.4) is 0 Å². The number of rotatable bonds is 5. The molecule has 1 aromatic heterocycles. The fraction of sp³-hybridized carbons (Fsp3) is 0.0435. The zero-order valence-electron chi connectivity index (χ0n) is 15.1. The van der Waals surface area contributed by atoms with E-state index in [1.54, 1.807) is 12.3 Å². The van der Waals surface area contributed by atoms with E-state index in [0.29, 0.717) is 28.3 Å². The number of aromatic nitrogens is 1. The third kappa shape index (κ3) is 3.38. The van der Waals surface area contributed by atoms with Crippen LogP contribution in [0.5, 0.6) is 11.5 Å². The van der Waals surface area contributed by atoms with Crippen molar-refractivity contribution in [1.82, 2.24) is 4.98 Å². The number of amides is 1. The Morgan fingerprint density at radius 1 is 0.893 bits per heavy atom. The average molecular weight is 369 g/mol. The molecule has 1 heterocycles. The molecule has 4 rings (SSSR count). The van der Waals surface area contributed by atoms with Crippen molar-refractivity contribution in [2.45, 2.75) is 5.92 Å². The first kappa shape index (κ1) is 17.5. The number of hydrogen-bond donors (Lipinski definition) is 2. The Balaban J connectivity index is 1.76. The van der Waals surface area contributed by atoms with Gasteiger partial charge in [-0.05, 0) is 35.9 Å². The van der Waals surface area contributed by atoms with Crippen molar-refractivity contribution in [2.75, 3.05) is 5.73 Å². The fourth-order valence-corrected chi connectivity index (χ4v) is 3.29. The summed E-state index contributed by atoms with van der Waals surface area (Å²) in [5.74, 6) is 0.0986. The summed E-state index contributed by atoms with van der Waals surface area (Å²) in [4.78, 5) is 16.8. The summed E-state index contributed by atoms with van der Waals surface area (Å²) in [6.45, 7) is 0.